The molecule has 0 radical (unpaired) electrons. The van der Waals surface area contributed by atoms with E-state index in [1.807, 2.05) is 37.4 Å². The van der Waals surface area contributed by atoms with Crippen molar-refractivity contribution in [2.75, 3.05) is 18.9 Å². The number of aromatic hydroxyl groups is 1. The van der Waals surface area contributed by atoms with Crippen LogP contribution in [0.3, 0.4) is 0 Å². The Morgan fingerprint density at radius 1 is 1.00 bits per heavy atom. The zero-order valence-electron chi connectivity index (χ0n) is 14.2. The van der Waals surface area contributed by atoms with Gasteiger partial charge in [-0.2, -0.15) is 0 Å². The van der Waals surface area contributed by atoms with Gasteiger partial charge in [0.25, 0.3) is 0 Å². The van der Waals surface area contributed by atoms with Crippen molar-refractivity contribution in [2.45, 2.75) is 13.8 Å². The summed E-state index contributed by atoms with van der Waals surface area (Å²) in [6.45, 7) is 5.04. The van der Waals surface area contributed by atoms with Gasteiger partial charge < -0.3 is 20.3 Å². The quantitative estimate of drug-likeness (QED) is 0.500. The van der Waals surface area contributed by atoms with E-state index < -0.39 is 0 Å². The average Bonchev–Trinajstić information content (AvgIpc) is 3.09. The van der Waals surface area contributed by atoms with Crippen LogP contribution in [0.25, 0.3) is 21.8 Å². The van der Waals surface area contributed by atoms with E-state index in [1.54, 1.807) is 29.5 Å². The Kier molecular flexibility index (Phi) is 5.09. The van der Waals surface area contributed by atoms with Gasteiger partial charge in [0.2, 0.25) is 0 Å². The van der Waals surface area contributed by atoms with Gasteiger partial charge in [-0.15, -0.1) is 11.3 Å². The second-order valence-electron chi connectivity index (χ2n) is 5.34. The molecule has 5 nitrogen and oxygen atoms in total. The molecule has 0 aliphatic heterocycles. The first-order valence-electron chi connectivity index (χ1n) is 8.06. The van der Waals surface area contributed by atoms with Crippen LogP contribution in [0.5, 0.6) is 17.2 Å². The highest BCUT2D eigenvalue weighted by Crippen LogP contribution is 2.36. The van der Waals surface area contributed by atoms with Crippen molar-refractivity contribution in [3.05, 3.63) is 41.8 Å². The molecule has 1 aromatic heterocycles. The van der Waals surface area contributed by atoms with Gasteiger partial charge in [0.1, 0.15) is 10.8 Å². The maximum atomic E-state index is 9.56. The van der Waals surface area contributed by atoms with Crippen molar-refractivity contribution < 1.29 is 14.6 Å². The second-order valence-corrected chi connectivity index (χ2v) is 6.20. The number of nitrogens with two attached hydrogens (primary N) is 1. The lowest BCUT2D eigenvalue weighted by Crippen LogP contribution is -1.98. The molecule has 2 aromatic carbocycles. The van der Waals surface area contributed by atoms with Gasteiger partial charge in [-0.1, -0.05) is 0 Å². The third-order valence-corrected chi connectivity index (χ3v) is 4.51. The fourth-order valence-electron chi connectivity index (χ4n) is 2.44. The molecule has 1 heterocycles. The second kappa shape index (κ2) is 7.44. The standard InChI is InChI=1S/C19H20N2O3S/c1-3-23-17-8-6-13(10-18(17)24-4-2)19-21-15(11-25-19)12-5-7-16(22)14(20)9-12/h5-11,22H,3-4,20H2,1-2H3. The van der Waals surface area contributed by atoms with Crippen LogP contribution in [0, 0.1) is 0 Å². The first-order valence-corrected chi connectivity index (χ1v) is 8.94. The lowest BCUT2D eigenvalue weighted by atomic mass is 10.1. The molecule has 0 fully saturated rings. The normalized spacial score (nSPS) is 10.6. The fraction of sp³-hybridized carbons (Fsp3) is 0.211. The fourth-order valence-corrected chi connectivity index (χ4v) is 3.26. The van der Waals surface area contributed by atoms with Crippen LogP contribution < -0.4 is 15.2 Å². The van der Waals surface area contributed by atoms with E-state index in [1.165, 1.54) is 0 Å². The minimum Gasteiger partial charge on any atom is -0.506 e. The molecule has 130 valence electrons. The van der Waals surface area contributed by atoms with Crippen molar-refractivity contribution in [2.24, 2.45) is 0 Å². The molecule has 0 aliphatic carbocycles. The molecule has 3 N–H and O–H groups in total. The van der Waals surface area contributed by atoms with Crippen LogP contribution in [0.4, 0.5) is 5.69 Å². The average molecular weight is 356 g/mol. The molecule has 0 saturated heterocycles. The van der Waals surface area contributed by atoms with E-state index in [0.717, 1.165) is 27.6 Å². The number of benzene rings is 2. The molecule has 0 unspecified atom stereocenters. The Labute approximate surface area is 150 Å². The number of nitrogen functional groups attached to an aromatic ring is 1. The minimum absolute atomic E-state index is 0.0760. The van der Waals surface area contributed by atoms with Crippen molar-refractivity contribution in [3.63, 3.8) is 0 Å². The van der Waals surface area contributed by atoms with Gasteiger partial charge in [0.05, 0.1) is 24.6 Å². The molecule has 0 saturated carbocycles. The van der Waals surface area contributed by atoms with E-state index in [2.05, 4.69) is 4.98 Å². The smallest absolute Gasteiger partial charge is 0.161 e. The number of phenols is 1. The van der Waals surface area contributed by atoms with Crippen molar-refractivity contribution in [1.82, 2.24) is 4.98 Å². The van der Waals surface area contributed by atoms with Crippen LogP contribution in [0.15, 0.2) is 41.8 Å². The highest BCUT2D eigenvalue weighted by Gasteiger charge is 2.12. The van der Waals surface area contributed by atoms with E-state index in [9.17, 15) is 5.11 Å². The zero-order chi connectivity index (χ0) is 17.8. The van der Waals surface area contributed by atoms with Crippen LogP contribution in [0.1, 0.15) is 13.8 Å². The Morgan fingerprint density at radius 2 is 1.72 bits per heavy atom. The summed E-state index contributed by atoms with van der Waals surface area (Å²) >= 11 is 1.54. The number of rotatable bonds is 6. The largest absolute Gasteiger partial charge is 0.506 e. The monoisotopic (exact) mass is 356 g/mol. The highest BCUT2D eigenvalue weighted by atomic mass is 32.1. The summed E-state index contributed by atoms with van der Waals surface area (Å²) in [5.41, 5.74) is 8.76. The van der Waals surface area contributed by atoms with Gasteiger partial charge in [-0.25, -0.2) is 4.98 Å². The summed E-state index contributed by atoms with van der Waals surface area (Å²) < 4.78 is 11.3. The summed E-state index contributed by atoms with van der Waals surface area (Å²) in [5.74, 6) is 1.52. The van der Waals surface area contributed by atoms with Crippen LogP contribution in [-0.4, -0.2) is 23.3 Å². The van der Waals surface area contributed by atoms with Crippen molar-refractivity contribution in [3.8, 4) is 39.1 Å². The third-order valence-electron chi connectivity index (χ3n) is 3.62. The van der Waals surface area contributed by atoms with Gasteiger partial charge in [0.15, 0.2) is 11.5 Å². The number of hydrogen-bond donors (Lipinski definition) is 2. The van der Waals surface area contributed by atoms with Crippen LogP contribution in [-0.2, 0) is 0 Å². The molecule has 25 heavy (non-hydrogen) atoms. The van der Waals surface area contributed by atoms with Gasteiger partial charge >= 0.3 is 0 Å². The number of anilines is 1. The van der Waals surface area contributed by atoms with Gasteiger partial charge in [-0.05, 0) is 50.2 Å². The Morgan fingerprint density at radius 3 is 2.44 bits per heavy atom. The first-order chi connectivity index (χ1) is 12.1. The maximum absolute atomic E-state index is 9.56. The third kappa shape index (κ3) is 3.69. The summed E-state index contributed by atoms with van der Waals surface area (Å²) in [4.78, 5) is 4.68. The number of phenolic OH excluding ortho intramolecular Hbond substituents is 1. The molecule has 6 heteroatoms. The predicted octanol–water partition coefficient (Wildman–Crippen LogP) is 4.56. The van der Waals surface area contributed by atoms with Gasteiger partial charge in [-0.3, -0.25) is 0 Å². The topological polar surface area (TPSA) is 77.6 Å². The number of ether oxygens (including phenoxy) is 2. The van der Waals surface area contributed by atoms with E-state index >= 15 is 0 Å². The summed E-state index contributed by atoms with van der Waals surface area (Å²) in [6, 6.07) is 10.9. The highest BCUT2D eigenvalue weighted by molar-refractivity contribution is 7.13. The predicted molar refractivity (Wildman–Crippen MR) is 101 cm³/mol. The van der Waals surface area contributed by atoms with Crippen LogP contribution in [0.2, 0.25) is 0 Å². The Hall–Kier alpha value is -2.73. The van der Waals surface area contributed by atoms with Crippen molar-refractivity contribution in [1.29, 1.82) is 0 Å². The molecule has 0 amide bonds. The number of thiazole rings is 1. The first kappa shape index (κ1) is 17.1. The molecule has 0 bridgehead atoms. The molecule has 0 aliphatic rings. The minimum atomic E-state index is 0.0760. The number of aromatic nitrogens is 1. The van der Waals surface area contributed by atoms with Crippen LogP contribution >= 0.6 is 11.3 Å². The summed E-state index contributed by atoms with van der Waals surface area (Å²) in [5, 5.41) is 12.4. The van der Waals surface area contributed by atoms with E-state index in [0.29, 0.717) is 24.7 Å². The summed E-state index contributed by atoms with van der Waals surface area (Å²) in [6.07, 6.45) is 0. The number of hydrogen-bond acceptors (Lipinski definition) is 6. The molecule has 0 spiro atoms. The lowest BCUT2D eigenvalue weighted by Gasteiger charge is -2.11. The molecular formula is C19H20N2O3S. The van der Waals surface area contributed by atoms with E-state index in [4.69, 9.17) is 15.2 Å². The maximum Gasteiger partial charge on any atom is 0.161 e. The molecule has 3 rings (SSSR count). The number of nitrogens with zero attached hydrogens (tertiary/aromatic N) is 1. The zero-order valence-corrected chi connectivity index (χ0v) is 15.0. The van der Waals surface area contributed by atoms with Gasteiger partial charge in [0, 0.05) is 16.5 Å². The molecular weight excluding hydrogens is 336 g/mol. The van der Waals surface area contributed by atoms with Crippen molar-refractivity contribution >= 4 is 17.0 Å². The SMILES string of the molecule is CCOc1ccc(-c2nc(-c3ccc(O)c(N)c3)cs2)cc1OCC. The molecule has 0 atom stereocenters. The Bertz CT molecular complexity index is 877. The Balaban J connectivity index is 1.93. The lowest BCUT2D eigenvalue weighted by molar-refractivity contribution is 0.288. The molecule has 3 aromatic rings. The van der Waals surface area contributed by atoms with E-state index in [-0.39, 0.29) is 5.75 Å². The summed E-state index contributed by atoms with van der Waals surface area (Å²) in [7, 11) is 0.